The lowest BCUT2D eigenvalue weighted by Crippen LogP contribution is -2.18. The van der Waals surface area contributed by atoms with Gasteiger partial charge < -0.3 is 5.11 Å². The maximum absolute atomic E-state index is 13.4. The molecular formula is C17H10Br3F3O2. The van der Waals surface area contributed by atoms with Gasteiger partial charge >= 0.3 is 12.1 Å². The van der Waals surface area contributed by atoms with Crippen LogP contribution in [0.3, 0.4) is 0 Å². The summed E-state index contributed by atoms with van der Waals surface area (Å²) in [4.78, 5) is 11.0. The summed E-state index contributed by atoms with van der Waals surface area (Å²) in [5.41, 5.74) is 0.601. The Morgan fingerprint density at radius 3 is 2.20 bits per heavy atom. The molecular weight excluding hydrogens is 533 g/mol. The predicted molar refractivity (Wildman–Crippen MR) is 101 cm³/mol. The van der Waals surface area contributed by atoms with Crippen molar-refractivity contribution < 1.29 is 23.1 Å². The van der Waals surface area contributed by atoms with Crippen molar-refractivity contribution in [3.05, 3.63) is 72.6 Å². The van der Waals surface area contributed by atoms with Gasteiger partial charge in [0.05, 0.1) is 11.5 Å². The van der Waals surface area contributed by atoms with Crippen LogP contribution in [0.2, 0.25) is 0 Å². The molecule has 0 aliphatic rings. The molecule has 0 aliphatic carbocycles. The number of carboxylic acid groups (broad SMARTS) is 1. The smallest absolute Gasteiger partial charge is 0.399 e. The van der Waals surface area contributed by atoms with Crippen LogP contribution in [0.5, 0.6) is 0 Å². The SMILES string of the molecule is O=C(O)c1ccc(C=CC(c2ccc(Br)c(Br)c2)C(F)(F)F)cc1Br. The van der Waals surface area contributed by atoms with Gasteiger partial charge in [-0.1, -0.05) is 24.3 Å². The molecule has 1 N–H and O–H groups in total. The van der Waals surface area contributed by atoms with E-state index in [0.717, 1.165) is 6.08 Å². The van der Waals surface area contributed by atoms with Crippen molar-refractivity contribution in [1.82, 2.24) is 0 Å². The maximum atomic E-state index is 13.4. The minimum absolute atomic E-state index is 0.0429. The molecule has 25 heavy (non-hydrogen) atoms. The summed E-state index contributed by atoms with van der Waals surface area (Å²) >= 11 is 9.55. The topological polar surface area (TPSA) is 37.3 Å². The molecule has 132 valence electrons. The molecule has 2 nitrogen and oxygen atoms in total. The van der Waals surface area contributed by atoms with E-state index in [1.165, 1.54) is 36.4 Å². The third kappa shape index (κ3) is 5.18. The van der Waals surface area contributed by atoms with Crippen molar-refractivity contribution in [1.29, 1.82) is 0 Å². The lowest BCUT2D eigenvalue weighted by Gasteiger charge is -2.18. The summed E-state index contributed by atoms with van der Waals surface area (Å²) in [5, 5.41) is 8.97. The summed E-state index contributed by atoms with van der Waals surface area (Å²) in [6.07, 6.45) is -2.08. The number of hydrogen-bond acceptors (Lipinski definition) is 1. The van der Waals surface area contributed by atoms with Crippen molar-refractivity contribution >= 4 is 59.8 Å². The molecule has 0 saturated heterocycles. The first-order valence-electron chi connectivity index (χ1n) is 6.82. The van der Waals surface area contributed by atoms with Gasteiger partial charge in [0.2, 0.25) is 0 Å². The number of rotatable bonds is 4. The van der Waals surface area contributed by atoms with Crippen LogP contribution in [-0.2, 0) is 0 Å². The van der Waals surface area contributed by atoms with Crippen molar-refractivity contribution in [2.45, 2.75) is 12.1 Å². The molecule has 8 heteroatoms. The van der Waals surface area contributed by atoms with E-state index < -0.39 is 18.1 Å². The third-order valence-corrected chi connectivity index (χ3v) is 5.90. The standard InChI is InChI=1S/C17H10Br3F3O2/c18-13-6-3-10(8-15(13)20)12(17(21,22)23)5-2-9-1-4-11(16(24)25)14(19)7-9/h1-8,12H,(H,24,25). The molecule has 0 aromatic heterocycles. The number of benzene rings is 2. The third-order valence-electron chi connectivity index (χ3n) is 3.36. The lowest BCUT2D eigenvalue weighted by atomic mass is 9.97. The number of alkyl halides is 3. The van der Waals surface area contributed by atoms with E-state index in [0.29, 0.717) is 19.0 Å². The number of halogens is 6. The van der Waals surface area contributed by atoms with E-state index in [1.807, 2.05) is 0 Å². The molecule has 0 amide bonds. The summed E-state index contributed by atoms with van der Waals surface area (Å²) in [7, 11) is 0. The monoisotopic (exact) mass is 540 g/mol. The van der Waals surface area contributed by atoms with Crippen molar-refractivity contribution in [2.24, 2.45) is 0 Å². The quantitative estimate of drug-likeness (QED) is 0.450. The van der Waals surface area contributed by atoms with Gasteiger partial charge in [-0.3, -0.25) is 0 Å². The van der Waals surface area contributed by atoms with Crippen molar-refractivity contribution in [3.8, 4) is 0 Å². The van der Waals surface area contributed by atoms with E-state index in [9.17, 15) is 18.0 Å². The minimum Gasteiger partial charge on any atom is -0.478 e. The van der Waals surface area contributed by atoms with Gasteiger partial charge in [0.15, 0.2) is 0 Å². The van der Waals surface area contributed by atoms with Crippen LogP contribution in [0.15, 0.2) is 55.9 Å². The largest absolute Gasteiger partial charge is 0.478 e. The van der Waals surface area contributed by atoms with Crippen LogP contribution in [-0.4, -0.2) is 17.3 Å². The predicted octanol–water partition coefficient (Wildman–Crippen LogP) is 7.03. The van der Waals surface area contributed by atoms with E-state index in [1.54, 1.807) is 6.07 Å². The van der Waals surface area contributed by atoms with E-state index in [-0.39, 0.29) is 11.1 Å². The first-order chi connectivity index (χ1) is 11.6. The van der Waals surface area contributed by atoms with Gasteiger partial charge in [0.1, 0.15) is 0 Å². The zero-order valence-electron chi connectivity index (χ0n) is 12.3. The number of carbonyl (C=O) groups is 1. The Balaban J connectivity index is 2.37. The molecule has 2 aromatic carbocycles. The molecule has 1 unspecified atom stereocenters. The first-order valence-corrected chi connectivity index (χ1v) is 9.20. The molecule has 1 atom stereocenters. The number of aromatic carboxylic acids is 1. The molecule has 0 radical (unpaired) electrons. The van der Waals surface area contributed by atoms with Gasteiger partial charge in [-0.05, 0) is 83.2 Å². The van der Waals surface area contributed by atoms with Crippen LogP contribution in [0.25, 0.3) is 6.08 Å². The zero-order chi connectivity index (χ0) is 18.8. The number of allylic oxidation sites excluding steroid dienone is 1. The molecule has 0 bridgehead atoms. The summed E-state index contributed by atoms with van der Waals surface area (Å²) < 4.78 is 41.8. The van der Waals surface area contributed by atoms with Crippen LogP contribution in [0, 0.1) is 0 Å². The highest BCUT2D eigenvalue weighted by Crippen LogP contribution is 2.38. The summed E-state index contributed by atoms with van der Waals surface area (Å²) in [6.45, 7) is 0. The lowest BCUT2D eigenvalue weighted by molar-refractivity contribution is -0.139. The molecule has 0 fully saturated rings. The second kappa shape index (κ2) is 8.05. The molecule has 0 spiro atoms. The molecule has 0 saturated carbocycles. The fourth-order valence-corrected chi connectivity index (χ4v) is 3.34. The Morgan fingerprint density at radius 1 is 1.00 bits per heavy atom. The average Bonchev–Trinajstić information content (AvgIpc) is 2.49. The Labute approximate surface area is 167 Å². The highest BCUT2D eigenvalue weighted by Gasteiger charge is 2.39. The second-order valence-electron chi connectivity index (χ2n) is 5.10. The fraction of sp³-hybridized carbons (Fsp3) is 0.118. The maximum Gasteiger partial charge on any atom is 0.399 e. The zero-order valence-corrected chi connectivity index (χ0v) is 17.1. The molecule has 0 heterocycles. The van der Waals surface area contributed by atoms with Crippen LogP contribution >= 0.6 is 47.8 Å². The van der Waals surface area contributed by atoms with Gasteiger partial charge in [-0.25, -0.2) is 4.79 Å². The van der Waals surface area contributed by atoms with Gasteiger partial charge in [0.25, 0.3) is 0 Å². The normalized spacial score (nSPS) is 13.2. The van der Waals surface area contributed by atoms with Crippen LogP contribution in [0.1, 0.15) is 27.4 Å². The first kappa shape index (κ1) is 20.2. The van der Waals surface area contributed by atoms with Crippen molar-refractivity contribution in [3.63, 3.8) is 0 Å². The fourth-order valence-electron chi connectivity index (χ4n) is 2.13. The summed E-state index contributed by atoms with van der Waals surface area (Å²) in [5.74, 6) is -2.90. The van der Waals surface area contributed by atoms with Gasteiger partial charge in [0, 0.05) is 13.4 Å². The van der Waals surface area contributed by atoms with E-state index in [2.05, 4.69) is 47.8 Å². The highest BCUT2D eigenvalue weighted by molar-refractivity contribution is 9.13. The Bertz CT molecular complexity index is 832. The number of hydrogen-bond donors (Lipinski definition) is 1. The second-order valence-corrected chi connectivity index (χ2v) is 7.66. The molecule has 0 aliphatic heterocycles. The Kier molecular flexibility index (Phi) is 6.51. The van der Waals surface area contributed by atoms with E-state index in [4.69, 9.17) is 5.11 Å². The van der Waals surface area contributed by atoms with Crippen LogP contribution < -0.4 is 0 Å². The highest BCUT2D eigenvalue weighted by atomic mass is 79.9. The van der Waals surface area contributed by atoms with Crippen molar-refractivity contribution in [2.75, 3.05) is 0 Å². The van der Waals surface area contributed by atoms with Gasteiger partial charge in [-0.2, -0.15) is 13.2 Å². The minimum atomic E-state index is -4.46. The van der Waals surface area contributed by atoms with Crippen LogP contribution in [0.4, 0.5) is 13.2 Å². The average molecular weight is 543 g/mol. The molecule has 2 rings (SSSR count). The molecule has 2 aromatic rings. The number of carboxylic acids is 1. The summed E-state index contributed by atoms with van der Waals surface area (Å²) in [6, 6.07) is 8.62. The van der Waals surface area contributed by atoms with E-state index >= 15 is 0 Å². The Morgan fingerprint density at radius 2 is 1.68 bits per heavy atom. The van der Waals surface area contributed by atoms with Gasteiger partial charge in [-0.15, -0.1) is 0 Å². The Hall–Kier alpha value is -1.12.